The predicted molar refractivity (Wildman–Crippen MR) is 73.1 cm³/mol. The number of aliphatic hydroxyl groups is 1. The summed E-state index contributed by atoms with van der Waals surface area (Å²) in [4.78, 5) is 11.5. The smallest absolute Gasteiger partial charge is 0.220 e. The molecule has 1 amide bonds. The second-order valence-electron chi connectivity index (χ2n) is 4.49. The normalized spacial score (nSPS) is 12.1. The van der Waals surface area contributed by atoms with Gasteiger partial charge in [0.1, 0.15) is 0 Å². The number of nitrogen functional groups attached to an aromatic ring is 1. The van der Waals surface area contributed by atoms with E-state index in [0.717, 1.165) is 24.1 Å². The summed E-state index contributed by atoms with van der Waals surface area (Å²) in [5.41, 5.74) is 7.40. The molecule has 0 saturated carbocycles. The number of aliphatic hydroxyl groups excluding tert-OH is 1. The minimum atomic E-state index is -0.435. The van der Waals surface area contributed by atoms with Crippen molar-refractivity contribution in [3.8, 4) is 0 Å². The van der Waals surface area contributed by atoms with Gasteiger partial charge in [-0.25, -0.2) is 0 Å². The third-order valence-corrected chi connectivity index (χ3v) is 2.78. The molecular formula is C14H22N2O2. The first-order valence-electron chi connectivity index (χ1n) is 6.41. The van der Waals surface area contributed by atoms with Gasteiger partial charge in [0, 0.05) is 18.7 Å². The van der Waals surface area contributed by atoms with Crippen LogP contribution >= 0.6 is 0 Å². The van der Waals surface area contributed by atoms with E-state index < -0.39 is 6.10 Å². The minimum Gasteiger partial charge on any atom is -0.399 e. The second kappa shape index (κ2) is 7.71. The molecule has 1 rings (SSSR count). The van der Waals surface area contributed by atoms with Gasteiger partial charge in [-0.05, 0) is 30.5 Å². The van der Waals surface area contributed by atoms with Crippen LogP contribution in [0.3, 0.4) is 0 Å². The van der Waals surface area contributed by atoms with Crippen molar-refractivity contribution in [1.82, 2.24) is 5.32 Å². The third-order valence-electron chi connectivity index (χ3n) is 2.78. The zero-order chi connectivity index (χ0) is 13.4. The fourth-order valence-electron chi connectivity index (χ4n) is 1.70. The van der Waals surface area contributed by atoms with E-state index in [4.69, 9.17) is 5.73 Å². The molecule has 0 fully saturated rings. The van der Waals surface area contributed by atoms with Crippen LogP contribution < -0.4 is 11.1 Å². The molecule has 1 unspecified atom stereocenters. The van der Waals surface area contributed by atoms with Crippen LogP contribution in [0.4, 0.5) is 5.69 Å². The average Bonchev–Trinajstić information content (AvgIpc) is 2.36. The predicted octanol–water partition coefficient (Wildman–Crippen LogP) is 1.48. The number of carbonyl (C=O) groups is 1. The first-order chi connectivity index (χ1) is 8.61. The van der Waals surface area contributed by atoms with Gasteiger partial charge in [0.15, 0.2) is 0 Å². The van der Waals surface area contributed by atoms with Gasteiger partial charge in [-0.1, -0.05) is 25.5 Å². The lowest BCUT2D eigenvalue weighted by atomic mass is 10.1. The maximum atomic E-state index is 11.5. The van der Waals surface area contributed by atoms with Crippen LogP contribution in [0.15, 0.2) is 24.3 Å². The van der Waals surface area contributed by atoms with Crippen LogP contribution in [0.2, 0.25) is 0 Å². The standard InChI is InChI=1S/C14H22N2O2/c1-2-3-13(17)10-16-14(18)9-6-11-4-7-12(15)8-5-11/h4-5,7-8,13,17H,2-3,6,9-10,15H2,1H3,(H,16,18). The number of hydrogen-bond acceptors (Lipinski definition) is 3. The fraction of sp³-hybridized carbons (Fsp3) is 0.500. The van der Waals surface area contributed by atoms with Crippen molar-refractivity contribution < 1.29 is 9.90 Å². The Morgan fingerprint density at radius 2 is 2.06 bits per heavy atom. The molecule has 100 valence electrons. The van der Waals surface area contributed by atoms with Gasteiger partial charge in [-0.15, -0.1) is 0 Å². The number of benzene rings is 1. The molecule has 0 aromatic heterocycles. The monoisotopic (exact) mass is 250 g/mol. The Bertz CT molecular complexity index is 363. The summed E-state index contributed by atoms with van der Waals surface area (Å²) in [7, 11) is 0. The topological polar surface area (TPSA) is 75.3 Å². The van der Waals surface area contributed by atoms with Crippen LogP contribution in [0, 0.1) is 0 Å². The highest BCUT2D eigenvalue weighted by atomic mass is 16.3. The Hall–Kier alpha value is -1.55. The van der Waals surface area contributed by atoms with Crippen LogP contribution in [0.1, 0.15) is 31.7 Å². The summed E-state index contributed by atoms with van der Waals surface area (Å²) in [6, 6.07) is 7.51. The van der Waals surface area contributed by atoms with E-state index in [2.05, 4.69) is 5.32 Å². The van der Waals surface area contributed by atoms with Gasteiger partial charge in [0.05, 0.1) is 6.10 Å². The number of anilines is 1. The average molecular weight is 250 g/mol. The molecule has 0 saturated heterocycles. The SMILES string of the molecule is CCCC(O)CNC(=O)CCc1ccc(N)cc1. The molecule has 0 aliphatic rings. The molecule has 0 spiro atoms. The first kappa shape index (κ1) is 14.5. The molecule has 4 nitrogen and oxygen atoms in total. The Labute approximate surface area is 108 Å². The minimum absolute atomic E-state index is 0.0259. The Balaban J connectivity index is 2.22. The highest BCUT2D eigenvalue weighted by Gasteiger charge is 2.06. The molecule has 1 atom stereocenters. The lowest BCUT2D eigenvalue weighted by Gasteiger charge is -2.10. The van der Waals surface area contributed by atoms with Crippen molar-refractivity contribution in [2.24, 2.45) is 0 Å². The van der Waals surface area contributed by atoms with Gasteiger partial charge in [-0.2, -0.15) is 0 Å². The van der Waals surface area contributed by atoms with Gasteiger partial charge in [-0.3, -0.25) is 4.79 Å². The van der Waals surface area contributed by atoms with Crippen molar-refractivity contribution >= 4 is 11.6 Å². The quantitative estimate of drug-likeness (QED) is 0.642. The molecule has 4 N–H and O–H groups in total. The van der Waals surface area contributed by atoms with E-state index in [9.17, 15) is 9.90 Å². The van der Waals surface area contributed by atoms with E-state index in [-0.39, 0.29) is 5.91 Å². The number of nitrogens with one attached hydrogen (secondary N) is 1. The molecule has 4 heteroatoms. The van der Waals surface area contributed by atoms with Gasteiger partial charge in [0.2, 0.25) is 5.91 Å². The number of rotatable bonds is 7. The van der Waals surface area contributed by atoms with E-state index in [1.165, 1.54) is 0 Å². The van der Waals surface area contributed by atoms with Gasteiger partial charge >= 0.3 is 0 Å². The van der Waals surface area contributed by atoms with Crippen LogP contribution in [-0.2, 0) is 11.2 Å². The molecule has 0 bridgehead atoms. The number of hydrogen-bond donors (Lipinski definition) is 3. The Morgan fingerprint density at radius 3 is 2.67 bits per heavy atom. The molecule has 1 aromatic rings. The summed E-state index contributed by atoms with van der Waals surface area (Å²) in [5, 5.41) is 12.2. The van der Waals surface area contributed by atoms with E-state index in [1.54, 1.807) is 0 Å². The Morgan fingerprint density at radius 1 is 1.39 bits per heavy atom. The van der Waals surface area contributed by atoms with Crippen molar-refractivity contribution in [3.63, 3.8) is 0 Å². The second-order valence-corrected chi connectivity index (χ2v) is 4.49. The first-order valence-corrected chi connectivity index (χ1v) is 6.41. The summed E-state index contributed by atoms with van der Waals surface area (Å²) in [6.45, 7) is 2.35. The summed E-state index contributed by atoms with van der Waals surface area (Å²) >= 11 is 0. The van der Waals surface area contributed by atoms with E-state index in [0.29, 0.717) is 19.4 Å². The number of amides is 1. The Kier molecular flexibility index (Phi) is 6.22. The molecule has 0 aliphatic carbocycles. The van der Waals surface area contributed by atoms with Gasteiger partial charge in [0.25, 0.3) is 0 Å². The van der Waals surface area contributed by atoms with Gasteiger partial charge < -0.3 is 16.2 Å². The zero-order valence-electron chi connectivity index (χ0n) is 10.9. The van der Waals surface area contributed by atoms with Crippen molar-refractivity contribution in [3.05, 3.63) is 29.8 Å². The summed E-state index contributed by atoms with van der Waals surface area (Å²) in [5.74, 6) is -0.0259. The van der Waals surface area contributed by atoms with E-state index in [1.807, 2.05) is 31.2 Å². The lowest BCUT2D eigenvalue weighted by molar-refractivity contribution is -0.121. The van der Waals surface area contributed by atoms with E-state index >= 15 is 0 Å². The summed E-state index contributed by atoms with van der Waals surface area (Å²) in [6.07, 6.45) is 2.33. The molecule has 0 aliphatic heterocycles. The maximum Gasteiger partial charge on any atom is 0.220 e. The number of nitrogens with two attached hydrogens (primary N) is 1. The molecule has 18 heavy (non-hydrogen) atoms. The van der Waals surface area contributed by atoms with Crippen LogP contribution in [0.25, 0.3) is 0 Å². The zero-order valence-corrected chi connectivity index (χ0v) is 10.9. The van der Waals surface area contributed by atoms with Crippen molar-refractivity contribution in [2.45, 2.75) is 38.7 Å². The molecule has 1 aromatic carbocycles. The number of carbonyl (C=O) groups excluding carboxylic acids is 1. The summed E-state index contributed by atoms with van der Waals surface area (Å²) < 4.78 is 0. The third kappa shape index (κ3) is 5.68. The van der Waals surface area contributed by atoms with Crippen molar-refractivity contribution in [2.75, 3.05) is 12.3 Å². The van der Waals surface area contributed by atoms with Crippen molar-refractivity contribution in [1.29, 1.82) is 0 Å². The van der Waals surface area contributed by atoms with Crippen LogP contribution in [0.5, 0.6) is 0 Å². The lowest BCUT2D eigenvalue weighted by Crippen LogP contribution is -2.32. The maximum absolute atomic E-state index is 11.5. The fourth-order valence-corrected chi connectivity index (χ4v) is 1.70. The molecular weight excluding hydrogens is 228 g/mol. The van der Waals surface area contributed by atoms with Crippen LogP contribution in [-0.4, -0.2) is 23.7 Å². The highest BCUT2D eigenvalue weighted by Crippen LogP contribution is 2.07. The molecule has 0 radical (unpaired) electrons. The largest absolute Gasteiger partial charge is 0.399 e. The molecule has 0 heterocycles. The highest BCUT2D eigenvalue weighted by molar-refractivity contribution is 5.76. The number of aryl methyl sites for hydroxylation is 1.